The third-order valence-electron chi connectivity index (χ3n) is 4.76. The molecular formula is C17H26Si. The third-order valence-corrected chi connectivity index (χ3v) is 8.96. The van der Waals surface area contributed by atoms with Gasteiger partial charge in [-0.2, -0.15) is 0 Å². The highest BCUT2D eigenvalue weighted by atomic mass is 28.3. The molecule has 0 amide bonds. The van der Waals surface area contributed by atoms with Crippen LogP contribution in [0.4, 0.5) is 0 Å². The first-order valence-electron chi connectivity index (χ1n) is 7.34. The molecule has 0 nitrogen and oxygen atoms in total. The molecular weight excluding hydrogens is 232 g/mol. The van der Waals surface area contributed by atoms with Crippen LogP contribution in [0.15, 0.2) is 43.0 Å². The van der Waals surface area contributed by atoms with Crippen molar-refractivity contribution in [1.29, 1.82) is 0 Å². The van der Waals surface area contributed by atoms with Crippen LogP contribution in [0.1, 0.15) is 32.1 Å². The maximum Gasteiger partial charge on any atom is 0.0876 e. The molecule has 98 valence electrons. The van der Waals surface area contributed by atoms with Gasteiger partial charge in [-0.1, -0.05) is 86.8 Å². The molecule has 1 aliphatic rings. The zero-order valence-corrected chi connectivity index (χ0v) is 12.9. The van der Waals surface area contributed by atoms with Crippen LogP contribution in [0.2, 0.25) is 18.6 Å². The van der Waals surface area contributed by atoms with Gasteiger partial charge in [-0.05, 0) is 11.5 Å². The van der Waals surface area contributed by atoms with E-state index in [1.165, 1.54) is 32.1 Å². The predicted molar refractivity (Wildman–Crippen MR) is 84.1 cm³/mol. The molecule has 0 spiro atoms. The van der Waals surface area contributed by atoms with Crippen LogP contribution in [0.3, 0.4) is 0 Å². The molecule has 0 unspecified atom stereocenters. The van der Waals surface area contributed by atoms with Gasteiger partial charge in [0.2, 0.25) is 0 Å². The smallest absolute Gasteiger partial charge is 0.0876 e. The lowest BCUT2D eigenvalue weighted by molar-refractivity contribution is 0.357. The van der Waals surface area contributed by atoms with Crippen LogP contribution in [-0.4, -0.2) is 8.07 Å². The minimum Gasteiger partial charge on any atom is -0.103 e. The van der Waals surface area contributed by atoms with Crippen LogP contribution in [-0.2, 0) is 0 Å². The van der Waals surface area contributed by atoms with Gasteiger partial charge in [0.25, 0.3) is 0 Å². The lowest BCUT2D eigenvalue weighted by Gasteiger charge is -2.38. The monoisotopic (exact) mass is 258 g/mol. The van der Waals surface area contributed by atoms with E-state index in [0.29, 0.717) is 0 Å². The summed E-state index contributed by atoms with van der Waals surface area (Å²) in [6.07, 6.45) is 9.39. The Labute approximate surface area is 113 Å². The first kappa shape index (κ1) is 13.6. The Hall–Kier alpha value is -0.823. The van der Waals surface area contributed by atoms with E-state index >= 15 is 0 Å². The fourth-order valence-electron chi connectivity index (χ4n) is 3.63. The largest absolute Gasteiger partial charge is 0.103 e. The third kappa shape index (κ3) is 2.77. The van der Waals surface area contributed by atoms with Gasteiger partial charge in [-0.3, -0.25) is 0 Å². The number of allylic oxidation sites excluding steroid dienone is 1. The maximum atomic E-state index is 4.16. The Bertz CT molecular complexity index is 374. The summed E-state index contributed by atoms with van der Waals surface area (Å²) in [6, 6.07) is 11.1. The molecule has 0 saturated heterocycles. The lowest BCUT2D eigenvalue weighted by atomic mass is 9.86. The number of hydrogen-bond donors (Lipinski definition) is 0. The molecule has 1 heteroatoms. The molecule has 0 heterocycles. The van der Waals surface area contributed by atoms with E-state index in [1.54, 1.807) is 5.19 Å². The van der Waals surface area contributed by atoms with Crippen molar-refractivity contribution in [2.75, 3.05) is 0 Å². The van der Waals surface area contributed by atoms with Gasteiger partial charge in [0.1, 0.15) is 0 Å². The molecule has 1 aromatic rings. The van der Waals surface area contributed by atoms with Gasteiger partial charge in [-0.15, -0.1) is 6.58 Å². The zero-order valence-electron chi connectivity index (χ0n) is 11.9. The van der Waals surface area contributed by atoms with E-state index in [9.17, 15) is 0 Å². The summed E-state index contributed by atoms with van der Waals surface area (Å²) in [5, 5.41) is 1.58. The normalized spacial score (nSPS) is 19.4. The highest BCUT2D eigenvalue weighted by Gasteiger charge is 2.36. The van der Waals surface area contributed by atoms with Gasteiger partial charge in [0.05, 0.1) is 8.07 Å². The topological polar surface area (TPSA) is 0 Å². The molecule has 2 rings (SSSR count). The van der Waals surface area contributed by atoms with Gasteiger partial charge < -0.3 is 0 Å². The van der Waals surface area contributed by atoms with E-state index in [1.807, 2.05) is 0 Å². The molecule has 1 aromatic carbocycles. The molecule has 0 aliphatic heterocycles. The first-order valence-corrected chi connectivity index (χ1v) is 10.4. The molecule has 1 aliphatic carbocycles. The maximum absolute atomic E-state index is 4.16. The zero-order chi connectivity index (χ0) is 13.0. The Kier molecular flexibility index (Phi) is 4.44. The Morgan fingerprint density at radius 3 is 2.28 bits per heavy atom. The van der Waals surface area contributed by atoms with Crippen LogP contribution in [0.5, 0.6) is 0 Å². The standard InChI is InChI=1S/C17H26Si/c1-4-17(15-11-7-5-8-12-15)18(2,3)16-13-9-6-10-14-16/h4,6,9-10,13-15,17H,1,5,7-8,11-12H2,2-3H3/t17-/m1/s1. The van der Waals surface area contributed by atoms with Crippen molar-refractivity contribution in [2.45, 2.75) is 50.7 Å². The molecule has 1 saturated carbocycles. The average molecular weight is 258 g/mol. The summed E-state index contributed by atoms with van der Waals surface area (Å²) >= 11 is 0. The summed E-state index contributed by atoms with van der Waals surface area (Å²) in [5.74, 6) is 0.887. The van der Waals surface area contributed by atoms with E-state index < -0.39 is 8.07 Å². The quantitative estimate of drug-likeness (QED) is 0.540. The van der Waals surface area contributed by atoms with Crippen LogP contribution < -0.4 is 5.19 Å². The summed E-state index contributed by atoms with van der Waals surface area (Å²) in [5.41, 5.74) is 0.736. The van der Waals surface area contributed by atoms with E-state index in [-0.39, 0.29) is 0 Å². The predicted octanol–water partition coefficient (Wildman–Crippen LogP) is 4.74. The Morgan fingerprint density at radius 2 is 1.72 bits per heavy atom. The SMILES string of the molecule is C=C[C@H](C1CCCCC1)[Si](C)(C)c1ccccc1. The van der Waals surface area contributed by atoms with E-state index in [4.69, 9.17) is 0 Å². The van der Waals surface area contributed by atoms with Crippen molar-refractivity contribution in [3.05, 3.63) is 43.0 Å². The van der Waals surface area contributed by atoms with Gasteiger partial charge >= 0.3 is 0 Å². The minimum absolute atomic E-state index is 0.736. The summed E-state index contributed by atoms with van der Waals surface area (Å²) in [7, 11) is -1.41. The Morgan fingerprint density at radius 1 is 1.11 bits per heavy atom. The molecule has 0 N–H and O–H groups in total. The van der Waals surface area contributed by atoms with Crippen LogP contribution in [0, 0.1) is 5.92 Å². The summed E-state index contributed by atoms with van der Waals surface area (Å²) < 4.78 is 0. The second kappa shape index (κ2) is 5.88. The van der Waals surface area contributed by atoms with Gasteiger partial charge in [-0.25, -0.2) is 0 Å². The fourth-order valence-corrected chi connectivity index (χ4v) is 7.17. The molecule has 1 fully saturated rings. The second-order valence-corrected chi connectivity index (χ2v) is 10.9. The fraction of sp³-hybridized carbons (Fsp3) is 0.529. The summed E-state index contributed by atoms with van der Waals surface area (Å²) in [6.45, 7) is 9.20. The highest BCUT2D eigenvalue weighted by molar-refractivity contribution is 6.91. The number of benzene rings is 1. The number of rotatable bonds is 4. The van der Waals surface area contributed by atoms with Crippen molar-refractivity contribution in [3.8, 4) is 0 Å². The van der Waals surface area contributed by atoms with Crippen molar-refractivity contribution in [3.63, 3.8) is 0 Å². The molecule has 0 bridgehead atoms. The molecule has 0 radical (unpaired) electrons. The summed E-state index contributed by atoms with van der Waals surface area (Å²) in [4.78, 5) is 0. The molecule has 1 atom stereocenters. The van der Waals surface area contributed by atoms with E-state index in [0.717, 1.165) is 11.5 Å². The van der Waals surface area contributed by atoms with Gasteiger partial charge in [0, 0.05) is 0 Å². The second-order valence-electron chi connectivity index (χ2n) is 6.25. The van der Waals surface area contributed by atoms with Crippen LogP contribution >= 0.6 is 0 Å². The minimum atomic E-state index is -1.41. The van der Waals surface area contributed by atoms with Crippen molar-refractivity contribution in [1.82, 2.24) is 0 Å². The average Bonchev–Trinajstić information content (AvgIpc) is 2.41. The van der Waals surface area contributed by atoms with Crippen LogP contribution in [0.25, 0.3) is 0 Å². The first-order chi connectivity index (χ1) is 8.66. The Balaban J connectivity index is 2.22. The molecule has 0 aromatic heterocycles. The molecule has 18 heavy (non-hydrogen) atoms. The van der Waals surface area contributed by atoms with Crippen molar-refractivity contribution >= 4 is 13.3 Å². The lowest BCUT2D eigenvalue weighted by Crippen LogP contribution is -2.48. The number of hydrogen-bond acceptors (Lipinski definition) is 0. The van der Waals surface area contributed by atoms with Crippen molar-refractivity contribution < 1.29 is 0 Å². The van der Waals surface area contributed by atoms with Crippen molar-refractivity contribution in [2.24, 2.45) is 5.92 Å². The van der Waals surface area contributed by atoms with E-state index in [2.05, 4.69) is 56.1 Å². The highest BCUT2D eigenvalue weighted by Crippen LogP contribution is 2.39. The van der Waals surface area contributed by atoms with Gasteiger partial charge in [0.15, 0.2) is 0 Å².